The van der Waals surface area contributed by atoms with Gasteiger partial charge in [-0.05, 0) is 38.2 Å². The van der Waals surface area contributed by atoms with Crippen molar-refractivity contribution >= 4 is 11.8 Å². The minimum absolute atomic E-state index is 0.0369. The average Bonchev–Trinajstić information content (AvgIpc) is 3.62. The van der Waals surface area contributed by atoms with E-state index in [1.54, 1.807) is 7.11 Å². The van der Waals surface area contributed by atoms with Gasteiger partial charge in [-0.3, -0.25) is 0 Å². The van der Waals surface area contributed by atoms with Crippen molar-refractivity contribution < 1.29 is 14.3 Å². The van der Waals surface area contributed by atoms with E-state index in [0.717, 1.165) is 41.9 Å². The molecule has 1 aromatic rings. The highest BCUT2D eigenvalue weighted by molar-refractivity contribution is 5.75. The standard InChI is InChI=1S/C25H37N5O3/c1-16(2)21-14-29(9-10-30(21)24(31)27-8-11-32-5)23-19(13-26)18-12-25(3,4)33-15-20(18)22(28-23)17-6-7-17/h16-17,21H,6-12,14-15H2,1-5H3,(H,27,31). The van der Waals surface area contributed by atoms with Gasteiger partial charge in [0.15, 0.2) is 0 Å². The first-order valence-electron chi connectivity index (χ1n) is 12.1. The molecule has 0 radical (unpaired) electrons. The second-order valence-corrected chi connectivity index (χ2v) is 10.4. The molecule has 3 aliphatic rings. The van der Waals surface area contributed by atoms with Gasteiger partial charge >= 0.3 is 6.03 Å². The van der Waals surface area contributed by atoms with Crippen LogP contribution < -0.4 is 10.2 Å². The van der Waals surface area contributed by atoms with Gasteiger partial charge in [0.05, 0.1) is 36.1 Å². The van der Waals surface area contributed by atoms with Gasteiger partial charge in [-0.2, -0.15) is 5.26 Å². The van der Waals surface area contributed by atoms with E-state index < -0.39 is 0 Å². The first kappa shape index (κ1) is 23.8. The molecule has 1 aromatic heterocycles. The number of anilines is 1. The zero-order valence-electron chi connectivity index (χ0n) is 20.6. The molecule has 1 aliphatic carbocycles. The summed E-state index contributed by atoms with van der Waals surface area (Å²) in [6.45, 7) is 11.9. The second kappa shape index (κ2) is 9.47. The number of carbonyl (C=O) groups excluding carboxylic acids is 1. The Morgan fingerprint density at radius 2 is 2.09 bits per heavy atom. The molecule has 2 amide bonds. The summed E-state index contributed by atoms with van der Waals surface area (Å²) >= 11 is 0. The highest BCUT2D eigenvalue weighted by Gasteiger charge is 2.39. The molecule has 1 N–H and O–H groups in total. The minimum Gasteiger partial charge on any atom is -0.383 e. The highest BCUT2D eigenvalue weighted by Crippen LogP contribution is 2.45. The summed E-state index contributed by atoms with van der Waals surface area (Å²) in [5.41, 5.74) is 3.76. The number of fused-ring (bicyclic) bond motifs is 1. The van der Waals surface area contributed by atoms with Crippen molar-refractivity contribution in [1.82, 2.24) is 15.2 Å². The predicted octanol–water partition coefficient (Wildman–Crippen LogP) is 3.18. The molecule has 8 heteroatoms. The van der Waals surface area contributed by atoms with Gasteiger partial charge in [0.2, 0.25) is 0 Å². The molecular formula is C25H37N5O3. The third-order valence-corrected chi connectivity index (χ3v) is 7.04. The van der Waals surface area contributed by atoms with Crippen LogP contribution in [0.1, 0.15) is 68.8 Å². The Morgan fingerprint density at radius 1 is 1.33 bits per heavy atom. The number of nitriles is 1. The number of aromatic nitrogens is 1. The summed E-state index contributed by atoms with van der Waals surface area (Å²) in [6, 6.07) is 2.47. The van der Waals surface area contributed by atoms with Crippen molar-refractivity contribution in [3.05, 3.63) is 22.4 Å². The van der Waals surface area contributed by atoms with E-state index in [0.29, 0.717) is 50.9 Å². The molecule has 8 nitrogen and oxygen atoms in total. The molecular weight excluding hydrogens is 418 g/mol. The van der Waals surface area contributed by atoms with Crippen molar-refractivity contribution in [3.8, 4) is 6.07 Å². The molecule has 0 aromatic carbocycles. The summed E-state index contributed by atoms with van der Waals surface area (Å²) in [5, 5.41) is 13.2. The van der Waals surface area contributed by atoms with E-state index in [9.17, 15) is 10.1 Å². The number of piperazine rings is 1. The van der Waals surface area contributed by atoms with Crippen molar-refractivity contribution in [2.45, 2.75) is 71.1 Å². The summed E-state index contributed by atoms with van der Waals surface area (Å²) in [5.74, 6) is 1.55. The fourth-order valence-electron chi connectivity index (χ4n) is 5.01. The maximum absolute atomic E-state index is 12.8. The Morgan fingerprint density at radius 3 is 2.73 bits per heavy atom. The number of carbonyl (C=O) groups is 1. The minimum atomic E-state index is -0.294. The lowest BCUT2D eigenvalue weighted by atomic mass is 9.87. The van der Waals surface area contributed by atoms with Gasteiger partial charge in [0, 0.05) is 51.2 Å². The number of methoxy groups -OCH3 is 1. The fraction of sp³-hybridized carbons (Fsp3) is 0.720. The number of nitrogens with zero attached hydrogens (tertiary/aromatic N) is 4. The number of pyridine rings is 1. The molecule has 3 heterocycles. The van der Waals surface area contributed by atoms with Crippen LogP contribution in [0.4, 0.5) is 10.6 Å². The number of hydrogen-bond acceptors (Lipinski definition) is 6. The van der Waals surface area contributed by atoms with Crippen LogP contribution in [0.15, 0.2) is 0 Å². The van der Waals surface area contributed by atoms with Gasteiger partial charge in [-0.25, -0.2) is 9.78 Å². The molecule has 4 rings (SSSR count). The van der Waals surface area contributed by atoms with Crippen LogP contribution in [0.2, 0.25) is 0 Å². The number of urea groups is 1. The van der Waals surface area contributed by atoms with E-state index in [1.807, 2.05) is 4.90 Å². The van der Waals surface area contributed by atoms with Crippen LogP contribution in [0, 0.1) is 17.2 Å². The highest BCUT2D eigenvalue weighted by atomic mass is 16.5. The van der Waals surface area contributed by atoms with Crippen LogP contribution in [0.3, 0.4) is 0 Å². The van der Waals surface area contributed by atoms with E-state index >= 15 is 0 Å². The van der Waals surface area contributed by atoms with Crippen molar-refractivity contribution in [3.63, 3.8) is 0 Å². The lowest BCUT2D eigenvalue weighted by Gasteiger charge is -2.44. The van der Waals surface area contributed by atoms with Crippen LogP contribution >= 0.6 is 0 Å². The normalized spacial score (nSPS) is 22.2. The monoisotopic (exact) mass is 455 g/mol. The van der Waals surface area contributed by atoms with Gasteiger partial charge in [0.25, 0.3) is 0 Å². The largest absolute Gasteiger partial charge is 0.383 e. The van der Waals surface area contributed by atoms with Crippen molar-refractivity contribution in [2.24, 2.45) is 5.92 Å². The van der Waals surface area contributed by atoms with Gasteiger partial charge in [0.1, 0.15) is 11.9 Å². The Labute approximate surface area is 197 Å². The average molecular weight is 456 g/mol. The summed E-state index contributed by atoms with van der Waals surface area (Å²) in [6.07, 6.45) is 3.02. The number of amides is 2. The molecule has 2 aliphatic heterocycles. The van der Waals surface area contributed by atoms with E-state index in [1.165, 1.54) is 0 Å². The Kier molecular flexibility index (Phi) is 6.83. The maximum atomic E-state index is 12.8. The molecule has 1 saturated carbocycles. The quantitative estimate of drug-likeness (QED) is 0.663. The molecule has 0 bridgehead atoms. The predicted molar refractivity (Wildman–Crippen MR) is 126 cm³/mol. The van der Waals surface area contributed by atoms with Crippen LogP contribution in [-0.4, -0.2) is 67.5 Å². The third kappa shape index (κ3) is 4.95. The first-order valence-corrected chi connectivity index (χ1v) is 12.1. The Bertz CT molecular complexity index is 935. The fourth-order valence-corrected chi connectivity index (χ4v) is 5.01. The SMILES string of the molecule is COCCNC(=O)N1CCN(c2nc(C3CC3)c3c(c2C#N)CC(C)(C)OC3)CC1C(C)C. The van der Waals surface area contributed by atoms with Crippen molar-refractivity contribution in [2.75, 3.05) is 44.8 Å². The molecule has 1 atom stereocenters. The molecule has 33 heavy (non-hydrogen) atoms. The molecule has 0 spiro atoms. The Hall–Kier alpha value is -2.37. The van der Waals surface area contributed by atoms with Crippen LogP contribution in [-0.2, 0) is 22.5 Å². The Balaban J connectivity index is 1.65. The van der Waals surface area contributed by atoms with E-state index in [2.05, 4.69) is 44.0 Å². The molecule has 1 unspecified atom stereocenters. The first-order chi connectivity index (χ1) is 15.8. The van der Waals surface area contributed by atoms with E-state index in [-0.39, 0.29) is 23.6 Å². The lowest BCUT2D eigenvalue weighted by Crippen LogP contribution is -2.60. The lowest BCUT2D eigenvalue weighted by molar-refractivity contribution is -0.0407. The van der Waals surface area contributed by atoms with Gasteiger partial charge in [-0.1, -0.05) is 13.8 Å². The molecule has 2 fully saturated rings. The van der Waals surface area contributed by atoms with Crippen LogP contribution in [0.5, 0.6) is 0 Å². The van der Waals surface area contributed by atoms with Gasteiger partial charge in [-0.15, -0.1) is 0 Å². The topological polar surface area (TPSA) is 90.7 Å². The number of ether oxygens (including phenoxy) is 2. The number of hydrogen-bond donors (Lipinski definition) is 1. The summed E-state index contributed by atoms with van der Waals surface area (Å²) < 4.78 is 11.2. The van der Waals surface area contributed by atoms with Crippen LogP contribution in [0.25, 0.3) is 0 Å². The van der Waals surface area contributed by atoms with E-state index in [4.69, 9.17) is 14.5 Å². The van der Waals surface area contributed by atoms with Gasteiger partial charge < -0.3 is 24.6 Å². The maximum Gasteiger partial charge on any atom is 0.317 e. The number of nitrogens with one attached hydrogen (secondary N) is 1. The zero-order valence-corrected chi connectivity index (χ0v) is 20.6. The summed E-state index contributed by atoms with van der Waals surface area (Å²) in [4.78, 5) is 22.1. The molecule has 180 valence electrons. The molecule has 1 saturated heterocycles. The van der Waals surface area contributed by atoms with Crippen molar-refractivity contribution in [1.29, 1.82) is 5.26 Å². The third-order valence-electron chi connectivity index (χ3n) is 7.04. The smallest absolute Gasteiger partial charge is 0.317 e. The number of rotatable bonds is 6. The summed E-state index contributed by atoms with van der Waals surface area (Å²) in [7, 11) is 1.63. The second-order valence-electron chi connectivity index (χ2n) is 10.4. The zero-order chi connectivity index (χ0) is 23.8.